The molecule has 2 aromatic rings. The smallest absolute Gasteiger partial charge is 0.562 e. The zero-order chi connectivity index (χ0) is 8.81. The van der Waals surface area contributed by atoms with Gasteiger partial charge in [-0.05, 0) is 0 Å². The maximum absolute atomic E-state index is 8.51. The van der Waals surface area contributed by atoms with Crippen molar-refractivity contribution in [3.8, 4) is 11.5 Å². The van der Waals surface area contributed by atoms with Crippen LogP contribution in [-0.2, 0) is 17.1 Å². The van der Waals surface area contributed by atoms with Crippen LogP contribution < -0.4 is 0 Å². The molecule has 0 aliphatic carbocycles. The topological polar surface area (TPSA) is 40.5 Å². The molecule has 2 aromatic carbocycles. The van der Waals surface area contributed by atoms with Crippen molar-refractivity contribution in [3.05, 3.63) is 48.5 Å². The van der Waals surface area contributed by atoms with Gasteiger partial charge in [-0.3, -0.25) is 0 Å². The first-order valence-electron chi connectivity index (χ1n) is 3.61. The summed E-state index contributed by atoms with van der Waals surface area (Å²) in [7, 11) is 0. The quantitative estimate of drug-likeness (QED) is 0.525. The molecule has 0 radical (unpaired) electrons. The Labute approximate surface area is 87.7 Å². The minimum Gasteiger partial charge on any atom is -0.562 e. The first-order valence-corrected chi connectivity index (χ1v) is 3.61. The Morgan fingerprint density at radius 3 is 1.92 bits per heavy atom. The maximum atomic E-state index is 8.51. The summed E-state index contributed by atoms with van der Waals surface area (Å²) in [5.41, 5.74) is 0. The van der Waals surface area contributed by atoms with Crippen molar-refractivity contribution in [3.63, 3.8) is 0 Å². The van der Waals surface area contributed by atoms with Gasteiger partial charge in [0.2, 0.25) is 0 Å². The van der Waals surface area contributed by atoms with Gasteiger partial charge in [-0.2, -0.15) is 24.3 Å². The number of aromatic hydroxyl groups is 2. The van der Waals surface area contributed by atoms with Gasteiger partial charge in [0.25, 0.3) is 0 Å². The van der Waals surface area contributed by atoms with Gasteiger partial charge in [0.1, 0.15) is 0 Å². The Hall–Kier alpha value is -1.18. The molecule has 0 aromatic heterocycles. The van der Waals surface area contributed by atoms with Gasteiger partial charge in [-0.1, -0.05) is 0 Å². The van der Waals surface area contributed by atoms with Crippen LogP contribution in [0.25, 0.3) is 0 Å². The number of hydrogen-bond donors (Lipinski definition) is 2. The fourth-order valence-electron chi connectivity index (χ4n) is 0.722. The normalized spacial score (nSPS) is 8.00. The van der Waals surface area contributed by atoms with Gasteiger partial charge in [0.15, 0.2) is 0 Å². The largest absolute Gasteiger partial charge is 2.00 e. The molecule has 0 aliphatic heterocycles. The van der Waals surface area contributed by atoms with Crippen LogP contribution in [0, 0.1) is 0 Å². The predicted octanol–water partition coefficient (Wildman–Crippen LogP) is 2.22. The SMILES string of the molecule is Oc1ccc[c-]1O.[Fe+2].c1cc[cH-]c1. The predicted molar refractivity (Wildman–Crippen MR) is 47.4 cm³/mol. The van der Waals surface area contributed by atoms with Crippen LogP contribution in [0.5, 0.6) is 11.5 Å². The van der Waals surface area contributed by atoms with E-state index in [0.29, 0.717) is 0 Å². The van der Waals surface area contributed by atoms with Crippen LogP contribution in [0.1, 0.15) is 0 Å². The molecule has 2 rings (SSSR count). The molecular weight excluding hydrogens is 208 g/mol. The van der Waals surface area contributed by atoms with Crippen molar-refractivity contribution in [1.82, 2.24) is 0 Å². The van der Waals surface area contributed by atoms with Crippen LogP contribution in [0.3, 0.4) is 0 Å². The Bertz CT molecular complexity index is 265. The molecule has 0 atom stereocenters. The van der Waals surface area contributed by atoms with E-state index >= 15 is 0 Å². The van der Waals surface area contributed by atoms with E-state index in [1.54, 1.807) is 6.07 Å². The van der Waals surface area contributed by atoms with E-state index in [2.05, 4.69) is 0 Å². The van der Waals surface area contributed by atoms with Crippen molar-refractivity contribution < 1.29 is 27.3 Å². The van der Waals surface area contributed by atoms with Crippen molar-refractivity contribution in [2.24, 2.45) is 0 Å². The minimum absolute atomic E-state index is 0. The van der Waals surface area contributed by atoms with Gasteiger partial charge in [-0.25, -0.2) is 18.2 Å². The van der Waals surface area contributed by atoms with E-state index < -0.39 is 0 Å². The molecule has 13 heavy (non-hydrogen) atoms. The Balaban J connectivity index is 0.000000215. The summed E-state index contributed by atoms with van der Waals surface area (Å²) >= 11 is 0. The Kier molecular flexibility index (Phi) is 5.77. The van der Waals surface area contributed by atoms with Crippen LogP contribution in [0.15, 0.2) is 48.5 Å². The Morgan fingerprint density at radius 1 is 1.15 bits per heavy atom. The van der Waals surface area contributed by atoms with Gasteiger partial charge < -0.3 is 10.2 Å². The molecule has 0 bridgehead atoms. The van der Waals surface area contributed by atoms with E-state index in [1.165, 1.54) is 12.1 Å². The average Bonchev–Trinajstić information content (AvgIpc) is 2.67. The summed E-state index contributed by atoms with van der Waals surface area (Å²) in [6, 6.07) is 14.4. The van der Waals surface area contributed by atoms with E-state index in [4.69, 9.17) is 10.2 Å². The third-order valence-corrected chi connectivity index (χ3v) is 1.33. The van der Waals surface area contributed by atoms with Crippen LogP contribution >= 0.6 is 0 Å². The average molecular weight is 218 g/mol. The monoisotopic (exact) mass is 218 g/mol. The zero-order valence-corrected chi connectivity index (χ0v) is 7.97. The zero-order valence-electron chi connectivity index (χ0n) is 6.87. The molecule has 0 saturated heterocycles. The molecule has 70 valence electrons. The molecule has 0 spiro atoms. The van der Waals surface area contributed by atoms with E-state index in [9.17, 15) is 0 Å². The molecule has 2 N–H and O–H groups in total. The molecule has 0 amide bonds. The summed E-state index contributed by atoms with van der Waals surface area (Å²) in [6.45, 7) is 0. The molecule has 2 nitrogen and oxygen atoms in total. The second kappa shape index (κ2) is 6.35. The first kappa shape index (κ1) is 11.8. The maximum Gasteiger partial charge on any atom is 2.00 e. The molecule has 0 fully saturated rings. The van der Waals surface area contributed by atoms with Crippen molar-refractivity contribution in [2.45, 2.75) is 0 Å². The van der Waals surface area contributed by atoms with Gasteiger partial charge in [0, 0.05) is 11.5 Å². The summed E-state index contributed by atoms with van der Waals surface area (Å²) in [5.74, 6) is -0.111. The summed E-state index contributed by atoms with van der Waals surface area (Å²) < 4.78 is 0. The second-order valence-corrected chi connectivity index (χ2v) is 2.26. The third-order valence-electron chi connectivity index (χ3n) is 1.33. The first-order chi connectivity index (χ1) is 5.80. The van der Waals surface area contributed by atoms with Crippen molar-refractivity contribution in [1.29, 1.82) is 0 Å². The standard InChI is InChI=1S/C5H5O2.C5H5.Fe/c6-4-2-1-3-5(4)7;1-2-4-5-3-1;/h1-3,6-7H;1-5H;/q2*-1;+2. The third kappa shape index (κ3) is 4.41. The van der Waals surface area contributed by atoms with Gasteiger partial charge >= 0.3 is 17.1 Å². The minimum atomic E-state index is -0.0556. The number of hydrogen-bond acceptors (Lipinski definition) is 2. The van der Waals surface area contributed by atoms with E-state index in [-0.39, 0.29) is 28.6 Å². The summed E-state index contributed by atoms with van der Waals surface area (Å²) in [6.07, 6.45) is 0. The molecule has 0 unspecified atom stereocenters. The van der Waals surface area contributed by atoms with E-state index in [0.717, 1.165) is 0 Å². The van der Waals surface area contributed by atoms with Crippen LogP contribution in [0.2, 0.25) is 0 Å². The molecule has 3 heteroatoms. The summed E-state index contributed by atoms with van der Waals surface area (Å²) in [4.78, 5) is 0. The van der Waals surface area contributed by atoms with Crippen LogP contribution in [-0.4, -0.2) is 10.2 Å². The van der Waals surface area contributed by atoms with Crippen molar-refractivity contribution in [2.75, 3.05) is 0 Å². The number of rotatable bonds is 0. The van der Waals surface area contributed by atoms with E-state index in [1.807, 2.05) is 30.3 Å². The second-order valence-electron chi connectivity index (χ2n) is 2.26. The van der Waals surface area contributed by atoms with Gasteiger partial charge in [-0.15, -0.1) is 6.07 Å². The van der Waals surface area contributed by atoms with Crippen LogP contribution in [0.4, 0.5) is 0 Å². The Morgan fingerprint density at radius 2 is 1.77 bits per heavy atom. The van der Waals surface area contributed by atoms with Crippen molar-refractivity contribution >= 4 is 0 Å². The molecule has 0 saturated carbocycles. The summed E-state index contributed by atoms with van der Waals surface area (Å²) in [5, 5.41) is 17.0. The fourth-order valence-corrected chi connectivity index (χ4v) is 0.722. The van der Waals surface area contributed by atoms with Gasteiger partial charge in [0.05, 0.1) is 0 Å². The molecular formula is C10H10FeO2. The molecule has 0 aliphatic rings. The fraction of sp³-hybridized carbons (Fsp3) is 0. The molecule has 0 heterocycles.